The van der Waals surface area contributed by atoms with E-state index in [1.807, 2.05) is 42.5 Å². The monoisotopic (exact) mass is 335 g/mol. The number of hydrogen-bond donors (Lipinski definition) is 0. The largest absolute Gasteiger partial charge is 0.456 e. The van der Waals surface area contributed by atoms with E-state index in [1.54, 1.807) is 0 Å². The molecule has 4 nitrogen and oxygen atoms in total. The Hall–Kier alpha value is -2.17. The SMILES string of the molecule is O=c1c2ccccc2oc2ccc(COC3CN4CCC3CC4)cc12. The van der Waals surface area contributed by atoms with E-state index in [1.165, 1.54) is 25.9 Å². The van der Waals surface area contributed by atoms with Gasteiger partial charge in [0.2, 0.25) is 5.43 Å². The summed E-state index contributed by atoms with van der Waals surface area (Å²) < 4.78 is 12.1. The molecule has 2 aromatic carbocycles. The number of piperidine rings is 3. The van der Waals surface area contributed by atoms with Gasteiger partial charge in [-0.25, -0.2) is 0 Å². The molecule has 3 fully saturated rings. The summed E-state index contributed by atoms with van der Waals surface area (Å²) in [6.45, 7) is 4.03. The third-order valence-electron chi connectivity index (χ3n) is 5.70. The number of nitrogens with zero attached hydrogens (tertiary/aromatic N) is 1. The Morgan fingerprint density at radius 1 is 1.04 bits per heavy atom. The zero-order chi connectivity index (χ0) is 16.8. The highest BCUT2D eigenvalue weighted by Gasteiger charge is 2.34. The maximum absolute atomic E-state index is 12.7. The first kappa shape index (κ1) is 15.1. The van der Waals surface area contributed by atoms with Gasteiger partial charge in [0.15, 0.2) is 0 Å². The van der Waals surface area contributed by atoms with Crippen LogP contribution < -0.4 is 5.43 Å². The highest BCUT2D eigenvalue weighted by atomic mass is 16.5. The van der Waals surface area contributed by atoms with Crippen LogP contribution in [0, 0.1) is 5.92 Å². The van der Waals surface area contributed by atoms with Crippen molar-refractivity contribution in [1.82, 2.24) is 4.90 Å². The van der Waals surface area contributed by atoms with Gasteiger partial charge in [0, 0.05) is 6.54 Å². The summed E-state index contributed by atoms with van der Waals surface area (Å²) >= 11 is 0. The molecule has 128 valence electrons. The summed E-state index contributed by atoms with van der Waals surface area (Å²) in [5, 5.41) is 1.26. The molecule has 0 amide bonds. The van der Waals surface area contributed by atoms with Crippen molar-refractivity contribution in [2.45, 2.75) is 25.6 Å². The number of fused-ring (bicyclic) bond motifs is 5. The minimum Gasteiger partial charge on any atom is -0.456 e. The van der Waals surface area contributed by atoms with E-state index in [4.69, 9.17) is 9.15 Å². The van der Waals surface area contributed by atoms with Crippen molar-refractivity contribution in [2.75, 3.05) is 19.6 Å². The third kappa shape index (κ3) is 2.66. The molecule has 0 N–H and O–H groups in total. The van der Waals surface area contributed by atoms with Crippen molar-refractivity contribution >= 4 is 21.9 Å². The molecule has 6 rings (SSSR count). The number of hydrogen-bond acceptors (Lipinski definition) is 4. The van der Waals surface area contributed by atoms with Gasteiger partial charge in [0.1, 0.15) is 11.2 Å². The Balaban J connectivity index is 1.43. The van der Waals surface area contributed by atoms with Gasteiger partial charge in [0.05, 0.1) is 23.5 Å². The predicted octanol–water partition coefficient (Wildman–Crippen LogP) is 3.56. The minimum absolute atomic E-state index is 0.0292. The lowest BCUT2D eigenvalue weighted by atomic mass is 9.86. The second kappa shape index (κ2) is 5.97. The second-order valence-electron chi connectivity index (χ2n) is 7.25. The van der Waals surface area contributed by atoms with Crippen LogP contribution >= 0.6 is 0 Å². The zero-order valence-corrected chi connectivity index (χ0v) is 14.1. The fourth-order valence-electron chi connectivity index (χ4n) is 4.24. The van der Waals surface area contributed by atoms with Crippen molar-refractivity contribution in [2.24, 2.45) is 5.92 Å². The Morgan fingerprint density at radius 2 is 1.84 bits per heavy atom. The van der Waals surface area contributed by atoms with E-state index in [-0.39, 0.29) is 5.43 Å². The van der Waals surface area contributed by atoms with Gasteiger partial charge in [-0.15, -0.1) is 0 Å². The fraction of sp³-hybridized carbons (Fsp3) is 0.381. The molecule has 0 radical (unpaired) electrons. The van der Waals surface area contributed by atoms with Crippen molar-refractivity contribution in [3.05, 3.63) is 58.3 Å². The maximum Gasteiger partial charge on any atom is 0.200 e. The Bertz CT molecular complexity index is 985. The summed E-state index contributed by atoms with van der Waals surface area (Å²) in [6.07, 6.45) is 2.82. The molecule has 0 spiro atoms. The molecule has 3 aliphatic heterocycles. The quantitative estimate of drug-likeness (QED) is 0.687. The van der Waals surface area contributed by atoms with Crippen LogP contribution in [0.15, 0.2) is 51.7 Å². The van der Waals surface area contributed by atoms with E-state index in [0.29, 0.717) is 40.6 Å². The van der Waals surface area contributed by atoms with Gasteiger partial charge in [-0.3, -0.25) is 4.79 Å². The average Bonchev–Trinajstić information content (AvgIpc) is 2.68. The van der Waals surface area contributed by atoms with E-state index < -0.39 is 0 Å². The average molecular weight is 335 g/mol. The number of rotatable bonds is 3. The first-order chi connectivity index (χ1) is 12.3. The molecule has 4 heterocycles. The van der Waals surface area contributed by atoms with Crippen LogP contribution in [0.5, 0.6) is 0 Å². The number of ether oxygens (including phenoxy) is 1. The molecule has 2 bridgehead atoms. The van der Waals surface area contributed by atoms with Crippen molar-refractivity contribution in [3.63, 3.8) is 0 Å². The first-order valence-corrected chi connectivity index (χ1v) is 9.06. The topological polar surface area (TPSA) is 42.7 Å². The fourth-order valence-corrected chi connectivity index (χ4v) is 4.24. The summed E-state index contributed by atoms with van der Waals surface area (Å²) in [4.78, 5) is 15.2. The Morgan fingerprint density at radius 3 is 2.64 bits per heavy atom. The molecule has 1 unspecified atom stereocenters. The third-order valence-corrected chi connectivity index (χ3v) is 5.70. The molecule has 1 atom stereocenters. The predicted molar refractivity (Wildman–Crippen MR) is 97.7 cm³/mol. The lowest BCUT2D eigenvalue weighted by molar-refractivity contribution is -0.0765. The number of para-hydroxylation sites is 1. The van der Waals surface area contributed by atoms with Gasteiger partial charge < -0.3 is 14.1 Å². The molecule has 1 aromatic heterocycles. The molecule has 0 aliphatic carbocycles. The Kier molecular flexibility index (Phi) is 3.61. The zero-order valence-electron chi connectivity index (χ0n) is 14.1. The van der Waals surface area contributed by atoms with Crippen molar-refractivity contribution in [3.8, 4) is 0 Å². The maximum atomic E-state index is 12.7. The second-order valence-corrected chi connectivity index (χ2v) is 7.25. The van der Waals surface area contributed by atoms with Gasteiger partial charge in [-0.05, 0) is 61.7 Å². The standard InChI is InChI=1S/C21H21NO3/c23-21-16-3-1-2-4-18(16)25-19-6-5-14(11-17(19)21)13-24-20-12-22-9-7-15(20)8-10-22/h1-6,11,15,20H,7-10,12-13H2. The molecule has 3 aromatic rings. The summed E-state index contributed by atoms with van der Waals surface area (Å²) in [6, 6.07) is 13.2. The van der Waals surface area contributed by atoms with Crippen LogP contribution in [0.4, 0.5) is 0 Å². The highest BCUT2D eigenvalue weighted by molar-refractivity contribution is 5.89. The minimum atomic E-state index is 0.0292. The molecule has 25 heavy (non-hydrogen) atoms. The molecule has 3 aliphatic rings. The van der Waals surface area contributed by atoms with Gasteiger partial charge in [0.25, 0.3) is 0 Å². The van der Waals surface area contributed by atoms with Crippen LogP contribution in [0.3, 0.4) is 0 Å². The van der Waals surface area contributed by atoms with Crippen molar-refractivity contribution in [1.29, 1.82) is 0 Å². The lowest BCUT2D eigenvalue weighted by Gasteiger charge is -2.44. The molecular weight excluding hydrogens is 314 g/mol. The van der Waals surface area contributed by atoms with Crippen LogP contribution in [-0.2, 0) is 11.3 Å². The molecule has 3 saturated heterocycles. The smallest absolute Gasteiger partial charge is 0.200 e. The van der Waals surface area contributed by atoms with E-state index in [9.17, 15) is 4.79 Å². The number of benzene rings is 2. The van der Waals surface area contributed by atoms with Crippen molar-refractivity contribution < 1.29 is 9.15 Å². The van der Waals surface area contributed by atoms with E-state index in [0.717, 1.165) is 12.1 Å². The molecule has 0 saturated carbocycles. The van der Waals surface area contributed by atoms with Gasteiger partial charge in [-0.1, -0.05) is 18.2 Å². The normalized spacial score (nSPS) is 25.7. The van der Waals surface area contributed by atoms with E-state index >= 15 is 0 Å². The Labute approximate surface area is 146 Å². The lowest BCUT2D eigenvalue weighted by Crippen LogP contribution is -2.51. The summed E-state index contributed by atoms with van der Waals surface area (Å²) in [5.74, 6) is 0.694. The van der Waals surface area contributed by atoms with Gasteiger partial charge in [-0.2, -0.15) is 0 Å². The summed E-state index contributed by atoms with van der Waals surface area (Å²) in [7, 11) is 0. The van der Waals surface area contributed by atoms with Crippen LogP contribution in [-0.4, -0.2) is 30.6 Å². The molecular formula is C21H21NO3. The van der Waals surface area contributed by atoms with E-state index in [2.05, 4.69) is 4.90 Å². The van der Waals surface area contributed by atoms with Crippen LogP contribution in [0.25, 0.3) is 21.9 Å². The van der Waals surface area contributed by atoms with Crippen LogP contribution in [0.2, 0.25) is 0 Å². The van der Waals surface area contributed by atoms with Gasteiger partial charge >= 0.3 is 0 Å². The van der Waals surface area contributed by atoms with Crippen LogP contribution in [0.1, 0.15) is 18.4 Å². The first-order valence-electron chi connectivity index (χ1n) is 9.06. The highest BCUT2D eigenvalue weighted by Crippen LogP contribution is 2.30. The molecule has 4 heteroatoms. The summed E-state index contributed by atoms with van der Waals surface area (Å²) in [5.41, 5.74) is 2.33.